The molecule has 2 aromatic rings. The van der Waals surface area contributed by atoms with Crippen LogP contribution < -0.4 is 5.32 Å². The molecule has 0 saturated heterocycles. The SMILES string of the molecule is C#CC(C)(C)Nc1nc(Cl)nc2sc(C)cc12. The molecule has 0 spiro atoms. The van der Waals surface area contributed by atoms with Gasteiger partial charge in [-0.15, -0.1) is 17.8 Å². The predicted octanol–water partition coefficient (Wildman–Crippen LogP) is 3.48. The molecule has 0 amide bonds. The van der Waals surface area contributed by atoms with E-state index in [1.54, 1.807) is 11.3 Å². The Kier molecular flexibility index (Phi) is 2.98. The van der Waals surface area contributed by atoms with E-state index in [2.05, 4.69) is 21.2 Å². The Morgan fingerprint density at radius 2 is 2.18 bits per heavy atom. The molecule has 0 atom stereocenters. The molecule has 1 N–H and O–H groups in total. The van der Waals surface area contributed by atoms with Gasteiger partial charge in [-0.05, 0) is 38.4 Å². The molecule has 0 aliphatic rings. The zero-order valence-corrected chi connectivity index (χ0v) is 11.4. The first kappa shape index (κ1) is 12.2. The van der Waals surface area contributed by atoms with Crippen molar-refractivity contribution in [2.24, 2.45) is 0 Å². The number of hydrogen-bond acceptors (Lipinski definition) is 4. The summed E-state index contributed by atoms with van der Waals surface area (Å²) in [5.41, 5.74) is -0.472. The standard InChI is InChI=1S/C12H12ClN3S/c1-5-12(3,4)16-9-8-6-7(2)17-10(8)15-11(13)14-9/h1,6H,2-4H3,(H,14,15,16). The van der Waals surface area contributed by atoms with Crippen LogP contribution in [0.1, 0.15) is 18.7 Å². The summed E-state index contributed by atoms with van der Waals surface area (Å²) in [7, 11) is 0. The maximum absolute atomic E-state index is 5.90. The lowest BCUT2D eigenvalue weighted by atomic mass is 10.1. The van der Waals surface area contributed by atoms with Crippen molar-refractivity contribution < 1.29 is 0 Å². The molecule has 0 aromatic carbocycles. The monoisotopic (exact) mass is 265 g/mol. The Morgan fingerprint density at radius 1 is 1.47 bits per heavy atom. The summed E-state index contributed by atoms with van der Waals surface area (Å²) < 4.78 is 0. The highest BCUT2D eigenvalue weighted by molar-refractivity contribution is 7.18. The molecule has 5 heteroatoms. The number of nitrogens with one attached hydrogen (secondary N) is 1. The summed E-state index contributed by atoms with van der Waals surface area (Å²) in [5.74, 6) is 3.36. The Hall–Kier alpha value is -1.31. The molecule has 0 saturated carbocycles. The number of anilines is 1. The number of fused-ring (bicyclic) bond motifs is 1. The minimum Gasteiger partial charge on any atom is -0.354 e. The summed E-state index contributed by atoms with van der Waals surface area (Å²) in [5, 5.41) is 4.39. The lowest BCUT2D eigenvalue weighted by Gasteiger charge is -2.20. The number of thiophene rings is 1. The summed E-state index contributed by atoms with van der Waals surface area (Å²) in [6, 6.07) is 2.03. The molecule has 0 aliphatic heterocycles. The third kappa shape index (κ3) is 2.51. The van der Waals surface area contributed by atoms with Gasteiger partial charge in [0.2, 0.25) is 5.28 Å². The van der Waals surface area contributed by atoms with Crippen molar-refractivity contribution in [2.75, 3.05) is 5.32 Å². The van der Waals surface area contributed by atoms with E-state index < -0.39 is 5.54 Å². The molecule has 2 heterocycles. The third-order valence-electron chi connectivity index (χ3n) is 2.28. The van der Waals surface area contributed by atoms with Gasteiger partial charge in [0.1, 0.15) is 10.6 Å². The molecule has 0 aliphatic carbocycles. The van der Waals surface area contributed by atoms with Crippen LogP contribution in [-0.4, -0.2) is 15.5 Å². The molecule has 0 radical (unpaired) electrons. The van der Waals surface area contributed by atoms with Crippen molar-refractivity contribution in [3.05, 3.63) is 16.2 Å². The van der Waals surface area contributed by atoms with Crippen LogP contribution >= 0.6 is 22.9 Å². The van der Waals surface area contributed by atoms with Gasteiger partial charge in [-0.3, -0.25) is 0 Å². The second-order valence-electron chi connectivity index (χ2n) is 4.31. The van der Waals surface area contributed by atoms with Gasteiger partial charge in [-0.2, -0.15) is 0 Å². The number of rotatable bonds is 2. The second-order valence-corrected chi connectivity index (χ2v) is 5.88. The van der Waals surface area contributed by atoms with Crippen LogP contribution in [0.2, 0.25) is 5.28 Å². The molecule has 2 aromatic heterocycles. The molecule has 0 bridgehead atoms. The lowest BCUT2D eigenvalue weighted by Crippen LogP contribution is -2.29. The first-order valence-corrected chi connectivity index (χ1v) is 6.30. The third-order valence-corrected chi connectivity index (χ3v) is 3.39. The van der Waals surface area contributed by atoms with Crippen LogP contribution in [0.4, 0.5) is 5.82 Å². The average molecular weight is 266 g/mol. The van der Waals surface area contributed by atoms with Gasteiger partial charge < -0.3 is 5.32 Å². The van der Waals surface area contributed by atoms with Crippen LogP contribution in [0.15, 0.2) is 6.07 Å². The van der Waals surface area contributed by atoms with E-state index in [1.165, 1.54) is 0 Å². The maximum atomic E-state index is 5.90. The van der Waals surface area contributed by atoms with E-state index in [0.717, 1.165) is 15.1 Å². The van der Waals surface area contributed by atoms with Gasteiger partial charge in [-0.1, -0.05) is 5.92 Å². The number of terminal acetylenes is 1. The molecule has 0 fully saturated rings. The van der Waals surface area contributed by atoms with Gasteiger partial charge in [0.05, 0.1) is 10.9 Å². The van der Waals surface area contributed by atoms with Crippen molar-refractivity contribution in [2.45, 2.75) is 26.3 Å². The Morgan fingerprint density at radius 3 is 2.82 bits per heavy atom. The fraction of sp³-hybridized carbons (Fsp3) is 0.333. The Bertz CT molecular complexity index is 610. The fourth-order valence-electron chi connectivity index (χ4n) is 1.44. The number of hydrogen-bond donors (Lipinski definition) is 1. The van der Waals surface area contributed by atoms with Crippen LogP contribution in [-0.2, 0) is 0 Å². The smallest absolute Gasteiger partial charge is 0.225 e. The molecule has 17 heavy (non-hydrogen) atoms. The largest absolute Gasteiger partial charge is 0.354 e. The summed E-state index contributed by atoms with van der Waals surface area (Å²) >= 11 is 7.48. The topological polar surface area (TPSA) is 37.8 Å². The number of aromatic nitrogens is 2. The normalized spacial score (nSPS) is 11.5. The van der Waals surface area contributed by atoms with E-state index in [9.17, 15) is 0 Å². The molecule has 2 rings (SSSR count). The maximum Gasteiger partial charge on any atom is 0.225 e. The summed E-state index contributed by atoms with van der Waals surface area (Å²) in [4.78, 5) is 10.4. The molecule has 0 unspecified atom stereocenters. The Balaban J connectivity index is 2.57. The average Bonchev–Trinajstić information content (AvgIpc) is 2.58. The van der Waals surface area contributed by atoms with Crippen molar-refractivity contribution in [1.29, 1.82) is 0 Å². The van der Waals surface area contributed by atoms with Crippen molar-refractivity contribution in [1.82, 2.24) is 9.97 Å². The van der Waals surface area contributed by atoms with Crippen molar-refractivity contribution in [3.8, 4) is 12.3 Å². The highest BCUT2D eigenvalue weighted by atomic mass is 35.5. The fourth-order valence-corrected chi connectivity index (χ4v) is 2.54. The first-order chi connectivity index (χ1) is 7.91. The highest BCUT2D eigenvalue weighted by Gasteiger charge is 2.17. The predicted molar refractivity (Wildman–Crippen MR) is 73.7 cm³/mol. The van der Waals surface area contributed by atoms with Gasteiger partial charge >= 0.3 is 0 Å². The van der Waals surface area contributed by atoms with E-state index in [1.807, 2.05) is 26.8 Å². The number of halogens is 1. The number of nitrogens with zero attached hydrogens (tertiary/aromatic N) is 2. The van der Waals surface area contributed by atoms with Crippen LogP contribution in [0.3, 0.4) is 0 Å². The van der Waals surface area contributed by atoms with Crippen molar-refractivity contribution >= 4 is 39.0 Å². The quantitative estimate of drug-likeness (QED) is 0.667. The number of aryl methyl sites for hydroxylation is 1. The second kappa shape index (κ2) is 4.17. The van der Waals surface area contributed by atoms with Gasteiger partial charge in [-0.25, -0.2) is 9.97 Å². The van der Waals surface area contributed by atoms with Crippen LogP contribution in [0, 0.1) is 19.3 Å². The molecule has 3 nitrogen and oxygen atoms in total. The van der Waals surface area contributed by atoms with Gasteiger partial charge in [0.25, 0.3) is 0 Å². The molecule has 88 valence electrons. The Labute approximate surface area is 109 Å². The zero-order valence-electron chi connectivity index (χ0n) is 9.84. The lowest BCUT2D eigenvalue weighted by molar-refractivity contribution is 0.737. The van der Waals surface area contributed by atoms with E-state index in [0.29, 0.717) is 5.82 Å². The van der Waals surface area contributed by atoms with Crippen molar-refractivity contribution in [3.63, 3.8) is 0 Å². The summed E-state index contributed by atoms with van der Waals surface area (Å²) in [6.07, 6.45) is 5.46. The zero-order chi connectivity index (χ0) is 12.6. The van der Waals surface area contributed by atoms with Gasteiger partial charge in [0, 0.05) is 4.88 Å². The summed E-state index contributed by atoms with van der Waals surface area (Å²) in [6.45, 7) is 5.85. The minimum atomic E-state index is -0.472. The van der Waals surface area contributed by atoms with E-state index >= 15 is 0 Å². The molecular formula is C12H12ClN3S. The van der Waals surface area contributed by atoms with Crippen LogP contribution in [0.25, 0.3) is 10.2 Å². The van der Waals surface area contributed by atoms with E-state index in [-0.39, 0.29) is 5.28 Å². The van der Waals surface area contributed by atoms with Crippen LogP contribution in [0.5, 0.6) is 0 Å². The molecular weight excluding hydrogens is 254 g/mol. The van der Waals surface area contributed by atoms with E-state index in [4.69, 9.17) is 18.0 Å². The highest BCUT2D eigenvalue weighted by Crippen LogP contribution is 2.30. The van der Waals surface area contributed by atoms with Gasteiger partial charge in [0.15, 0.2) is 0 Å². The minimum absolute atomic E-state index is 0.231. The first-order valence-electron chi connectivity index (χ1n) is 5.11.